The average molecular weight is 488 g/mol. The Kier molecular flexibility index (Phi) is 4.53. The fourth-order valence-electron chi connectivity index (χ4n) is 7.83. The van der Waals surface area contributed by atoms with Crippen LogP contribution in [0.15, 0.2) is 42.0 Å². The van der Waals surface area contributed by atoms with Gasteiger partial charge in [-0.15, -0.1) is 0 Å². The molecular weight excluding hydrogens is 461 g/mol. The number of allylic oxidation sites excluding steroid dienone is 1. The maximum absolute atomic E-state index is 13.9. The van der Waals surface area contributed by atoms with E-state index in [4.69, 9.17) is 16.3 Å². The molecule has 8 atom stereocenters. The summed E-state index contributed by atoms with van der Waals surface area (Å²) in [5.74, 6) is -2.48. The Morgan fingerprint density at radius 2 is 2.18 bits per heavy atom. The number of hydrogen-bond donors (Lipinski definition) is 3. The number of benzene rings is 1. The molecule has 4 bridgehead atoms. The molecule has 0 radical (unpaired) electrons. The summed E-state index contributed by atoms with van der Waals surface area (Å²) in [6.07, 6.45) is 2.24. The molecule has 0 aromatic heterocycles. The van der Waals surface area contributed by atoms with E-state index in [-0.39, 0.29) is 23.4 Å². The van der Waals surface area contributed by atoms with Crippen molar-refractivity contribution >= 4 is 23.5 Å². The van der Waals surface area contributed by atoms with E-state index in [0.717, 1.165) is 11.1 Å². The van der Waals surface area contributed by atoms with E-state index in [9.17, 15) is 24.2 Å². The van der Waals surface area contributed by atoms with Gasteiger partial charge in [-0.25, -0.2) is 4.39 Å². The fraction of sp³-hybridized carbons (Fsp3) is 0.538. The van der Waals surface area contributed by atoms with Crippen molar-refractivity contribution in [2.24, 2.45) is 28.6 Å². The van der Waals surface area contributed by atoms with Crippen LogP contribution in [0.1, 0.15) is 38.2 Å². The van der Waals surface area contributed by atoms with E-state index < -0.39 is 52.3 Å². The summed E-state index contributed by atoms with van der Waals surface area (Å²) in [6.45, 7) is 5.98. The highest BCUT2D eigenvalue weighted by molar-refractivity contribution is 6.30. The maximum atomic E-state index is 13.9. The van der Waals surface area contributed by atoms with Crippen LogP contribution in [0.4, 0.5) is 4.39 Å². The minimum atomic E-state index is -1.25. The molecule has 1 amide bonds. The molecule has 34 heavy (non-hydrogen) atoms. The fourth-order valence-corrected chi connectivity index (χ4v) is 8.03. The molecule has 8 heteroatoms. The number of fused-ring (bicyclic) bond motifs is 6. The second-order valence-electron chi connectivity index (χ2n) is 11.0. The molecule has 0 unspecified atom stereocenters. The number of carbonyl (C=O) groups is 2. The van der Waals surface area contributed by atoms with Crippen LogP contribution in [0.2, 0.25) is 5.02 Å². The van der Waals surface area contributed by atoms with Crippen LogP contribution in [0, 0.1) is 34.4 Å². The number of rotatable bonds is 3. The van der Waals surface area contributed by atoms with Gasteiger partial charge < -0.3 is 20.3 Å². The number of esters is 1. The molecule has 5 aliphatic rings. The van der Waals surface area contributed by atoms with Crippen molar-refractivity contribution in [3.05, 3.63) is 58.4 Å². The van der Waals surface area contributed by atoms with Crippen LogP contribution in [-0.4, -0.2) is 39.9 Å². The van der Waals surface area contributed by atoms with Gasteiger partial charge >= 0.3 is 5.97 Å². The lowest BCUT2D eigenvalue weighted by atomic mass is 9.60. The SMILES string of the molecule is C=C1C[C@]23C[C@@]1(O)CC[C@H]2C1=C[C@H]2OC(=O)[C@@](C)([C@H]1[C@@H]3C(=O)NCc1ccc(F)c(Cl)c1)[C@H]2O. The molecule has 6 rings (SSSR count). The monoisotopic (exact) mass is 487 g/mol. The average Bonchev–Trinajstić information content (AvgIpc) is 3.23. The van der Waals surface area contributed by atoms with Gasteiger partial charge in [-0.1, -0.05) is 29.8 Å². The second kappa shape index (κ2) is 6.93. The molecule has 1 spiro atoms. The van der Waals surface area contributed by atoms with Gasteiger partial charge in [0.05, 0.1) is 16.5 Å². The predicted molar refractivity (Wildman–Crippen MR) is 121 cm³/mol. The van der Waals surface area contributed by atoms with Crippen molar-refractivity contribution in [1.82, 2.24) is 5.32 Å². The van der Waals surface area contributed by atoms with E-state index in [2.05, 4.69) is 11.9 Å². The summed E-state index contributed by atoms with van der Waals surface area (Å²) in [5.41, 5.74) is -0.482. The Labute approximate surface area is 201 Å². The highest BCUT2D eigenvalue weighted by atomic mass is 35.5. The molecule has 4 fully saturated rings. The molecule has 3 saturated carbocycles. The van der Waals surface area contributed by atoms with Gasteiger partial charge in [-0.05, 0) is 73.3 Å². The van der Waals surface area contributed by atoms with Crippen LogP contribution in [0.3, 0.4) is 0 Å². The van der Waals surface area contributed by atoms with Gasteiger partial charge in [-0.2, -0.15) is 0 Å². The third kappa shape index (κ3) is 2.63. The summed E-state index contributed by atoms with van der Waals surface area (Å²) in [6, 6.07) is 4.29. The number of halogens is 2. The Morgan fingerprint density at radius 3 is 2.91 bits per heavy atom. The number of nitrogens with one attached hydrogen (secondary N) is 1. The molecule has 1 saturated heterocycles. The summed E-state index contributed by atoms with van der Waals surface area (Å²) < 4.78 is 19.1. The second-order valence-corrected chi connectivity index (χ2v) is 11.4. The van der Waals surface area contributed by atoms with Crippen molar-refractivity contribution in [3.8, 4) is 0 Å². The van der Waals surface area contributed by atoms with E-state index in [0.29, 0.717) is 31.2 Å². The number of amides is 1. The number of carbonyl (C=O) groups excluding carboxylic acids is 2. The third-order valence-corrected chi connectivity index (χ3v) is 9.71. The summed E-state index contributed by atoms with van der Waals surface area (Å²) in [5, 5.41) is 25.2. The van der Waals surface area contributed by atoms with Crippen LogP contribution in [-0.2, 0) is 20.9 Å². The molecule has 180 valence electrons. The Hall–Kier alpha value is -2.22. The van der Waals surface area contributed by atoms with Crippen molar-refractivity contribution in [2.75, 3.05) is 0 Å². The molecule has 6 nitrogen and oxygen atoms in total. The van der Waals surface area contributed by atoms with Gasteiger partial charge in [0.2, 0.25) is 5.91 Å². The van der Waals surface area contributed by atoms with Crippen LogP contribution in [0.25, 0.3) is 0 Å². The highest BCUT2D eigenvalue weighted by Crippen LogP contribution is 2.74. The minimum Gasteiger partial charge on any atom is -0.455 e. The lowest BCUT2D eigenvalue weighted by Crippen LogP contribution is -2.52. The smallest absolute Gasteiger partial charge is 0.315 e. The topological polar surface area (TPSA) is 95.9 Å². The first-order valence-corrected chi connectivity index (χ1v) is 12.1. The van der Waals surface area contributed by atoms with Gasteiger partial charge in [0.25, 0.3) is 0 Å². The molecule has 1 aromatic rings. The van der Waals surface area contributed by atoms with E-state index in [1.165, 1.54) is 12.1 Å². The maximum Gasteiger partial charge on any atom is 0.315 e. The van der Waals surface area contributed by atoms with E-state index in [1.54, 1.807) is 13.0 Å². The molecule has 3 N–H and O–H groups in total. The number of aliphatic hydroxyl groups excluding tert-OH is 1. The molecule has 1 heterocycles. The summed E-state index contributed by atoms with van der Waals surface area (Å²) in [7, 11) is 0. The van der Waals surface area contributed by atoms with Gasteiger partial charge in [0.15, 0.2) is 0 Å². The first kappa shape index (κ1) is 22.3. The first-order chi connectivity index (χ1) is 16.0. The van der Waals surface area contributed by atoms with Gasteiger partial charge in [-0.3, -0.25) is 9.59 Å². The lowest BCUT2D eigenvalue weighted by molar-refractivity contribution is -0.151. The van der Waals surface area contributed by atoms with Gasteiger partial charge in [0, 0.05) is 12.5 Å². The Bertz CT molecular complexity index is 1180. The largest absolute Gasteiger partial charge is 0.455 e. The van der Waals surface area contributed by atoms with Gasteiger partial charge in [0.1, 0.15) is 23.4 Å². The Morgan fingerprint density at radius 1 is 1.41 bits per heavy atom. The molecule has 1 aromatic carbocycles. The molecule has 4 aliphatic carbocycles. The third-order valence-electron chi connectivity index (χ3n) is 9.42. The zero-order chi connectivity index (χ0) is 24.2. The standard InChI is InChI=1S/C26H27ClFNO5/c1-12-9-25-11-26(12,33)6-5-15(25)14-8-18-21(30)24(2,23(32)34-18)19(14)20(25)22(31)29-10-13-3-4-17(28)16(27)7-13/h3-4,7-8,15,18-21,30,33H,1,5-6,9-11H2,2H3,(H,29,31)/t15-,18+,19+,20+,21-,24-,25-,26-/m0/s1. The molecule has 1 aliphatic heterocycles. The Balaban J connectivity index is 1.42. The van der Waals surface area contributed by atoms with Crippen molar-refractivity contribution in [3.63, 3.8) is 0 Å². The number of ether oxygens (including phenoxy) is 1. The number of aliphatic hydroxyl groups is 2. The molecular formula is C26H27ClFNO5. The van der Waals surface area contributed by atoms with Crippen molar-refractivity contribution in [1.29, 1.82) is 0 Å². The quantitative estimate of drug-likeness (QED) is 0.450. The van der Waals surface area contributed by atoms with Crippen LogP contribution >= 0.6 is 11.6 Å². The summed E-state index contributed by atoms with van der Waals surface area (Å²) in [4.78, 5) is 26.9. The zero-order valence-corrected chi connectivity index (χ0v) is 19.6. The van der Waals surface area contributed by atoms with E-state index >= 15 is 0 Å². The zero-order valence-electron chi connectivity index (χ0n) is 18.8. The van der Waals surface area contributed by atoms with Crippen LogP contribution < -0.4 is 5.32 Å². The first-order valence-electron chi connectivity index (χ1n) is 11.7. The minimum absolute atomic E-state index is 0.00290. The summed E-state index contributed by atoms with van der Waals surface area (Å²) >= 11 is 5.90. The highest BCUT2D eigenvalue weighted by Gasteiger charge is 2.75. The van der Waals surface area contributed by atoms with Crippen molar-refractivity contribution < 1.29 is 28.9 Å². The van der Waals surface area contributed by atoms with Crippen LogP contribution in [0.5, 0.6) is 0 Å². The number of hydrogen-bond acceptors (Lipinski definition) is 5. The van der Waals surface area contributed by atoms with Crippen molar-refractivity contribution in [2.45, 2.75) is 57.0 Å². The van der Waals surface area contributed by atoms with E-state index in [1.807, 2.05) is 6.08 Å². The lowest BCUT2D eigenvalue weighted by Gasteiger charge is -2.42. The predicted octanol–water partition coefficient (Wildman–Crippen LogP) is 3.05. The normalized spacial score (nSPS) is 43.8.